The first-order valence-corrected chi connectivity index (χ1v) is 7.43. The maximum Gasteiger partial charge on any atom is 0.329 e. The molecular weight excluding hydrogens is 348 g/mol. The minimum atomic E-state index is -2.90. The Bertz CT molecular complexity index is 558. The van der Waals surface area contributed by atoms with Crippen LogP contribution in [0.2, 0.25) is 0 Å². The van der Waals surface area contributed by atoms with Crippen LogP contribution in [0.25, 0.3) is 0 Å². The molecule has 1 atom stereocenters. The van der Waals surface area contributed by atoms with Crippen LogP contribution < -0.4 is 5.56 Å². The second kappa shape index (κ2) is 7.68. The number of esters is 1. The summed E-state index contributed by atoms with van der Waals surface area (Å²) >= 11 is 3.09. The Kier molecular flexibility index (Phi) is 6.51. The Morgan fingerprint density at radius 1 is 1.43 bits per heavy atom. The van der Waals surface area contributed by atoms with Gasteiger partial charge in [0.05, 0.1) is 12.2 Å². The van der Waals surface area contributed by atoms with Crippen LogP contribution >= 0.6 is 15.9 Å². The van der Waals surface area contributed by atoms with Gasteiger partial charge in [-0.1, -0.05) is 13.8 Å². The number of hydrogen-bond acceptors (Lipinski definition) is 3. The number of aromatic nitrogens is 1. The van der Waals surface area contributed by atoms with Crippen molar-refractivity contribution in [1.82, 2.24) is 4.57 Å². The number of hydrogen-bond donors (Lipinski definition) is 0. The highest BCUT2D eigenvalue weighted by Crippen LogP contribution is 2.23. The average molecular weight is 366 g/mol. The molecule has 118 valence electrons. The van der Waals surface area contributed by atoms with Gasteiger partial charge in [0.15, 0.2) is 0 Å². The maximum absolute atomic E-state index is 12.9. The largest absolute Gasteiger partial charge is 0.464 e. The first-order chi connectivity index (χ1) is 9.77. The van der Waals surface area contributed by atoms with E-state index in [-0.39, 0.29) is 12.5 Å². The van der Waals surface area contributed by atoms with Gasteiger partial charge in [0.2, 0.25) is 0 Å². The lowest BCUT2D eigenvalue weighted by atomic mass is 10.0. The number of ether oxygens (including phenoxy) is 1. The lowest BCUT2D eigenvalue weighted by Gasteiger charge is -2.21. The average Bonchev–Trinajstić information content (AvgIpc) is 2.38. The van der Waals surface area contributed by atoms with E-state index in [0.29, 0.717) is 10.9 Å². The number of carbonyl (C=O) groups excluding carboxylic acids is 1. The summed E-state index contributed by atoms with van der Waals surface area (Å²) in [4.78, 5) is 24.2. The van der Waals surface area contributed by atoms with Gasteiger partial charge in [-0.3, -0.25) is 9.36 Å². The first-order valence-electron chi connectivity index (χ1n) is 6.64. The predicted octanol–water partition coefficient (Wildman–Crippen LogP) is 3.70. The summed E-state index contributed by atoms with van der Waals surface area (Å²) in [5.74, 6) is -0.494. The van der Waals surface area contributed by atoms with E-state index in [4.69, 9.17) is 4.74 Å². The van der Waals surface area contributed by atoms with Crippen molar-refractivity contribution in [2.75, 3.05) is 6.61 Å². The van der Waals surface area contributed by atoms with Crippen molar-refractivity contribution in [1.29, 1.82) is 0 Å². The summed E-state index contributed by atoms with van der Waals surface area (Å²) in [5, 5.41) is 0. The van der Waals surface area contributed by atoms with Gasteiger partial charge in [-0.05, 0) is 41.3 Å². The van der Waals surface area contributed by atoms with Crippen LogP contribution in [0.4, 0.5) is 8.78 Å². The van der Waals surface area contributed by atoms with Crippen molar-refractivity contribution in [3.63, 3.8) is 0 Å². The lowest BCUT2D eigenvalue weighted by molar-refractivity contribution is -0.147. The summed E-state index contributed by atoms with van der Waals surface area (Å²) in [5.41, 5.74) is -1.51. The highest BCUT2D eigenvalue weighted by Gasteiger charge is 2.26. The Balaban J connectivity index is 3.36. The van der Waals surface area contributed by atoms with Gasteiger partial charge in [-0.25, -0.2) is 13.6 Å². The summed E-state index contributed by atoms with van der Waals surface area (Å²) < 4.78 is 32.1. The number of rotatable bonds is 6. The molecule has 1 unspecified atom stereocenters. The highest BCUT2D eigenvalue weighted by atomic mass is 79.9. The van der Waals surface area contributed by atoms with E-state index in [1.54, 1.807) is 6.92 Å². The normalized spacial score (nSPS) is 12.8. The molecule has 4 nitrogen and oxygen atoms in total. The first kappa shape index (κ1) is 17.8. The van der Waals surface area contributed by atoms with Crippen LogP contribution in [0.15, 0.2) is 21.5 Å². The standard InChI is InChI=1S/C14H18BrF2NO3/c1-4-21-14(20)11(5-8(2)3)18-7-9(15)6-10(12(16)17)13(18)19/h6-8,11-12H,4-5H2,1-3H3. The maximum atomic E-state index is 12.9. The minimum Gasteiger partial charge on any atom is -0.464 e. The van der Waals surface area contributed by atoms with E-state index in [1.165, 1.54) is 6.20 Å². The molecule has 0 aliphatic heterocycles. The molecular formula is C14H18BrF2NO3. The molecule has 1 heterocycles. The lowest BCUT2D eigenvalue weighted by Crippen LogP contribution is -2.33. The third-order valence-electron chi connectivity index (χ3n) is 2.86. The molecule has 0 radical (unpaired) electrons. The van der Waals surface area contributed by atoms with Crippen molar-refractivity contribution in [3.05, 3.63) is 32.7 Å². The smallest absolute Gasteiger partial charge is 0.329 e. The fourth-order valence-electron chi connectivity index (χ4n) is 1.98. The minimum absolute atomic E-state index is 0.0975. The molecule has 21 heavy (non-hydrogen) atoms. The quantitative estimate of drug-likeness (QED) is 0.722. The summed E-state index contributed by atoms with van der Waals surface area (Å²) in [6, 6.07) is 0.161. The van der Waals surface area contributed by atoms with Gasteiger partial charge in [-0.2, -0.15) is 0 Å². The molecule has 0 saturated carbocycles. The van der Waals surface area contributed by atoms with Gasteiger partial charge >= 0.3 is 5.97 Å². The Labute approximate surface area is 130 Å². The van der Waals surface area contributed by atoms with Crippen LogP contribution in [0.1, 0.15) is 45.2 Å². The molecule has 0 aliphatic carbocycles. The molecule has 0 bridgehead atoms. The summed E-state index contributed by atoms with van der Waals surface area (Å²) in [6.07, 6.45) is -1.22. The van der Waals surface area contributed by atoms with Crippen molar-refractivity contribution in [2.24, 2.45) is 5.92 Å². The summed E-state index contributed by atoms with van der Waals surface area (Å²) in [6.45, 7) is 5.57. The molecule has 0 spiro atoms. The second-order valence-corrected chi connectivity index (χ2v) is 5.94. The van der Waals surface area contributed by atoms with Crippen LogP contribution in [0, 0.1) is 5.92 Å². The Morgan fingerprint density at radius 2 is 2.05 bits per heavy atom. The van der Waals surface area contributed by atoms with Crippen molar-refractivity contribution in [2.45, 2.75) is 39.7 Å². The SMILES string of the molecule is CCOC(=O)C(CC(C)C)n1cc(Br)cc(C(F)F)c1=O. The summed E-state index contributed by atoms with van der Waals surface area (Å²) in [7, 11) is 0. The molecule has 1 rings (SSSR count). The van der Waals surface area contributed by atoms with E-state index in [9.17, 15) is 18.4 Å². The van der Waals surface area contributed by atoms with Gasteiger partial charge in [0, 0.05) is 10.7 Å². The fourth-order valence-corrected chi connectivity index (χ4v) is 2.45. The van der Waals surface area contributed by atoms with E-state index in [0.717, 1.165) is 10.6 Å². The zero-order valence-electron chi connectivity index (χ0n) is 12.1. The van der Waals surface area contributed by atoms with Crippen molar-refractivity contribution >= 4 is 21.9 Å². The Hall–Kier alpha value is -1.24. The van der Waals surface area contributed by atoms with E-state index >= 15 is 0 Å². The third-order valence-corrected chi connectivity index (χ3v) is 3.30. The fraction of sp³-hybridized carbons (Fsp3) is 0.571. The van der Waals surface area contributed by atoms with Crippen LogP contribution in [0.3, 0.4) is 0 Å². The van der Waals surface area contributed by atoms with Gasteiger partial charge < -0.3 is 4.74 Å². The zero-order valence-corrected chi connectivity index (χ0v) is 13.7. The Morgan fingerprint density at radius 3 is 2.52 bits per heavy atom. The topological polar surface area (TPSA) is 48.3 Å². The molecule has 0 fully saturated rings. The zero-order chi connectivity index (χ0) is 16.2. The third kappa shape index (κ3) is 4.62. The number of alkyl halides is 2. The van der Waals surface area contributed by atoms with Crippen molar-refractivity contribution < 1.29 is 18.3 Å². The molecule has 0 amide bonds. The molecule has 0 N–H and O–H groups in total. The van der Waals surface area contributed by atoms with Crippen LogP contribution in [-0.2, 0) is 9.53 Å². The number of pyridine rings is 1. The van der Waals surface area contributed by atoms with Crippen molar-refractivity contribution in [3.8, 4) is 0 Å². The molecule has 1 aromatic heterocycles. The van der Waals surface area contributed by atoms with E-state index < -0.39 is 29.6 Å². The van der Waals surface area contributed by atoms with Gasteiger partial charge in [0.1, 0.15) is 6.04 Å². The molecule has 1 aromatic rings. The molecule has 7 heteroatoms. The monoisotopic (exact) mass is 365 g/mol. The van der Waals surface area contributed by atoms with E-state index in [1.807, 2.05) is 13.8 Å². The van der Waals surface area contributed by atoms with Gasteiger partial charge in [0.25, 0.3) is 12.0 Å². The van der Waals surface area contributed by atoms with Gasteiger partial charge in [-0.15, -0.1) is 0 Å². The number of nitrogens with zero attached hydrogens (tertiary/aromatic N) is 1. The second-order valence-electron chi connectivity index (χ2n) is 5.02. The predicted molar refractivity (Wildman–Crippen MR) is 78.5 cm³/mol. The molecule has 0 aliphatic rings. The number of carbonyl (C=O) groups is 1. The van der Waals surface area contributed by atoms with Crippen LogP contribution in [-0.4, -0.2) is 17.1 Å². The van der Waals surface area contributed by atoms with E-state index in [2.05, 4.69) is 15.9 Å². The highest BCUT2D eigenvalue weighted by molar-refractivity contribution is 9.10. The number of halogens is 3. The molecule has 0 saturated heterocycles. The van der Waals surface area contributed by atoms with Crippen LogP contribution in [0.5, 0.6) is 0 Å². The molecule has 0 aromatic carbocycles.